The third-order valence-corrected chi connectivity index (χ3v) is 4.03. The van der Waals surface area contributed by atoms with Gasteiger partial charge in [-0.15, -0.1) is 0 Å². The zero-order valence-corrected chi connectivity index (χ0v) is 11.4. The number of nitrogens with zero attached hydrogens (tertiary/aromatic N) is 2. The number of rotatable bonds is 3. The lowest BCUT2D eigenvalue weighted by Crippen LogP contribution is -2.48. The summed E-state index contributed by atoms with van der Waals surface area (Å²) in [5.74, 6) is 1.12. The van der Waals surface area contributed by atoms with E-state index in [1.54, 1.807) is 7.11 Å². The summed E-state index contributed by atoms with van der Waals surface area (Å²) < 4.78 is 5.46. The number of aryl methyl sites for hydroxylation is 1. The Labute approximate surface area is 113 Å². The monoisotopic (exact) mass is 260 g/mol. The van der Waals surface area contributed by atoms with E-state index in [-0.39, 0.29) is 5.91 Å². The predicted octanol–water partition coefficient (Wildman–Crippen LogP) is 1.68. The Kier molecular flexibility index (Phi) is 3.32. The van der Waals surface area contributed by atoms with E-state index in [1.165, 1.54) is 5.56 Å². The number of para-hydroxylation sites is 1. The zero-order chi connectivity index (χ0) is 13.2. The molecule has 19 heavy (non-hydrogen) atoms. The molecule has 1 aromatic carbocycles. The summed E-state index contributed by atoms with van der Waals surface area (Å²) in [5, 5.41) is 0. The number of hydrogen-bond donors (Lipinski definition) is 0. The number of carbonyl (C=O) groups excluding carboxylic acids is 1. The molecular formula is C15H20N2O2. The SMILES string of the molecule is COc1cccc2c1N(CC(=O)N1CCC1)CCC2. The first kappa shape index (κ1) is 12.3. The summed E-state index contributed by atoms with van der Waals surface area (Å²) in [6.07, 6.45) is 3.32. The molecule has 1 fully saturated rings. The van der Waals surface area contributed by atoms with Gasteiger partial charge in [0.1, 0.15) is 5.75 Å². The maximum atomic E-state index is 12.1. The number of amides is 1. The van der Waals surface area contributed by atoms with Crippen molar-refractivity contribution in [2.24, 2.45) is 0 Å². The number of ether oxygens (including phenoxy) is 1. The van der Waals surface area contributed by atoms with Gasteiger partial charge in [-0.05, 0) is 30.9 Å². The van der Waals surface area contributed by atoms with Crippen molar-refractivity contribution in [2.45, 2.75) is 19.3 Å². The predicted molar refractivity (Wildman–Crippen MR) is 74.7 cm³/mol. The van der Waals surface area contributed by atoms with Crippen molar-refractivity contribution in [1.82, 2.24) is 4.90 Å². The Morgan fingerprint density at radius 2 is 2.11 bits per heavy atom. The van der Waals surface area contributed by atoms with Crippen molar-refractivity contribution in [1.29, 1.82) is 0 Å². The van der Waals surface area contributed by atoms with Gasteiger partial charge < -0.3 is 14.5 Å². The highest BCUT2D eigenvalue weighted by atomic mass is 16.5. The quantitative estimate of drug-likeness (QED) is 0.829. The summed E-state index contributed by atoms with van der Waals surface area (Å²) in [6.45, 7) is 3.26. The van der Waals surface area contributed by atoms with Crippen molar-refractivity contribution in [3.63, 3.8) is 0 Å². The summed E-state index contributed by atoms with van der Waals surface area (Å²) in [7, 11) is 1.69. The van der Waals surface area contributed by atoms with E-state index in [2.05, 4.69) is 11.0 Å². The molecule has 2 aliphatic rings. The van der Waals surface area contributed by atoms with Gasteiger partial charge in [-0.3, -0.25) is 4.79 Å². The molecule has 1 amide bonds. The van der Waals surface area contributed by atoms with Gasteiger partial charge in [0.15, 0.2) is 0 Å². The molecule has 0 saturated carbocycles. The van der Waals surface area contributed by atoms with Gasteiger partial charge in [0, 0.05) is 19.6 Å². The second-order valence-electron chi connectivity index (χ2n) is 5.23. The summed E-state index contributed by atoms with van der Waals surface area (Å²) >= 11 is 0. The molecule has 0 spiro atoms. The largest absolute Gasteiger partial charge is 0.495 e. The van der Waals surface area contributed by atoms with Gasteiger partial charge in [0.05, 0.1) is 19.3 Å². The molecule has 4 heteroatoms. The van der Waals surface area contributed by atoms with E-state index in [0.29, 0.717) is 6.54 Å². The highest BCUT2D eigenvalue weighted by Crippen LogP contribution is 2.36. The third kappa shape index (κ3) is 2.27. The smallest absolute Gasteiger partial charge is 0.242 e. The van der Waals surface area contributed by atoms with Crippen LogP contribution in [-0.2, 0) is 11.2 Å². The van der Waals surface area contributed by atoms with Crippen LogP contribution in [0.4, 0.5) is 5.69 Å². The lowest BCUT2D eigenvalue weighted by molar-refractivity contribution is -0.133. The van der Waals surface area contributed by atoms with Crippen LogP contribution >= 0.6 is 0 Å². The van der Waals surface area contributed by atoms with Crippen LogP contribution < -0.4 is 9.64 Å². The zero-order valence-electron chi connectivity index (χ0n) is 11.4. The van der Waals surface area contributed by atoms with Gasteiger partial charge in [0.25, 0.3) is 0 Å². The van der Waals surface area contributed by atoms with Crippen molar-refractivity contribution in [2.75, 3.05) is 38.2 Å². The number of hydrogen-bond acceptors (Lipinski definition) is 3. The maximum absolute atomic E-state index is 12.1. The van der Waals surface area contributed by atoms with E-state index >= 15 is 0 Å². The van der Waals surface area contributed by atoms with Gasteiger partial charge in [-0.1, -0.05) is 12.1 Å². The fraction of sp³-hybridized carbons (Fsp3) is 0.533. The molecule has 0 aliphatic carbocycles. The van der Waals surface area contributed by atoms with E-state index in [4.69, 9.17) is 4.74 Å². The van der Waals surface area contributed by atoms with Crippen molar-refractivity contribution in [3.8, 4) is 5.75 Å². The van der Waals surface area contributed by atoms with Crippen molar-refractivity contribution in [3.05, 3.63) is 23.8 Å². The van der Waals surface area contributed by atoms with Gasteiger partial charge in [-0.2, -0.15) is 0 Å². The van der Waals surface area contributed by atoms with Crippen molar-refractivity contribution >= 4 is 11.6 Å². The highest BCUT2D eigenvalue weighted by molar-refractivity contribution is 5.83. The Hall–Kier alpha value is -1.71. The van der Waals surface area contributed by atoms with Gasteiger partial charge in [-0.25, -0.2) is 0 Å². The lowest BCUT2D eigenvalue weighted by Gasteiger charge is -2.36. The lowest BCUT2D eigenvalue weighted by atomic mass is 10.0. The first-order valence-electron chi connectivity index (χ1n) is 6.98. The first-order chi connectivity index (χ1) is 9.29. The standard InChI is InChI=1S/C15H20N2O2/c1-19-13-7-2-5-12-6-3-8-17(15(12)13)11-14(18)16-9-4-10-16/h2,5,7H,3-4,6,8-11H2,1H3. The molecule has 3 rings (SSSR count). The molecule has 0 radical (unpaired) electrons. The fourth-order valence-corrected chi connectivity index (χ4v) is 2.85. The number of fused-ring (bicyclic) bond motifs is 1. The average molecular weight is 260 g/mol. The van der Waals surface area contributed by atoms with Crippen LogP contribution in [0.25, 0.3) is 0 Å². The van der Waals surface area contributed by atoms with Crippen LogP contribution in [0.15, 0.2) is 18.2 Å². The van der Waals surface area contributed by atoms with E-state index < -0.39 is 0 Å². The van der Waals surface area contributed by atoms with E-state index in [9.17, 15) is 4.79 Å². The topological polar surface area (TPSA) is 32.8 Å². The number of carbonyl (C=O) groups is 1. The second kappa shape index (κ2) is 5.11. The summed E-state index contributed by atoms with van der Waals surface area (Å²) in [6, 6.07) is 6.14. The third-order valence-electron chi connectivity index (χ3n) is 4.03. The molecule has 0 aromatic heterocycles. The Balaban J connectivity index is 1.82. The summed E-state index contributed by atoms with van der Waals surface area (Å²) in [4.78, 5) is 16.3. The van der Waals surface area contributed by atoms with Crippen LogP contribution in [-0.4, -0.2) is 44.1 Å². The minimum Gasteiger partial charge on any atom is -0.495 e. The maximum Gasteiger partial charge on any atom is 0.242 e. The van der Waals surface area contributed by atoms with Gasteiger partial charge >= 0.3 is 0 Å². The first-order valence-corrected chi connectivity index (χ1v) is 6.98. The molecule has 1 saturated heterocycles. The molecule has 102 valence electrons. The normalized spacial score (nSPS) is 17.7. The molecule has 0 N–H and O–H groups in total. The van der Waals surface area contributed by atoms with Crippen molar-refractivity contribution < 1.29 is 9.53 Å². The van der Waals surface area contributed by atoms with Crippen LogP contribution in [0.2, 0.25) is 0 Å². The minimum absolute atomic E-state index is 0.241. The van der Waals surface area contributed by atoms with Crippen LogP contribution in [0.1, 0.15) is 18.4 Å². The Bertz CT molecular complexity index is 469. The average Bonchev–Trinajstić information content (AvgIpc) is 2.36. The number of benzene rings is 1. The second-order valence-corrected chi connectivity index (χ2v) is 5.23. The van der Waals surface area contributed by atoms with Gasteiger partial charge in [0.2, 0.25) is 5.91 Å². The molecule has 1 aromatic rings. The number of methoxy groups -OCH3 is 1. The number of likely N-dealkylation sites (tertiary alicyclic amines) is 1. The Morgan fingerprint density at radius 1 is 1.26 bits per heavy atom. The molecule has 2 heterocycles. The molecule has 4 nitrogen and oxygen atoms in total. The molecule has 0 bridgehead atoms. The van der Waals surface area contributed by atoms with E-state index in [0.717, 1.165) is 50.3 Å². The fourth-order valence-electron chi connectivity index (χ4n) is 2.85. The number of anilines is 1. The Morgan fingerprint density at radius 3 is 2.79 bits per heavy atom. The van der Waals surface area contributed by atoms with Crippen LogP contribution in [0.3, 0.4) is 0 Å². The minimum atomic E-state index is 0.241. The van der Waals surface area contributed by atoms with Crippen LogP contribution in [0, 0.1) is 0 Å². The highest BCUT2D eigenvalue weighted by Gasteiger charge is 2.26. The molecule has 0 atom stereocenters. The van der Waals surface area contributed by atoms with E-state index in [1.807, 2.05) is 17.0 Å². The molecule has 0 unspecified atom stereocenters. The summed E-state index contributed by atoms with van der Waals surface area (Å²) in [5.41, 5.74) is 2.41. The molecule has 2 aliphatic heterocycles. The molecular weight excluding hydrogens is 240 g/mol. The van der Waals surface area contributed by atoms with Crippen LogP contribution in [0.5, 0.6) is 5.75 Å².